The number of benzene rings is 2. The van der Waals surface area contributed by atoms with E-state index in [0.29, 0.717) is 31.6 Å². The zero-order valence-corrected chi connectivity index (χ0v) is 19.7. The molecular formula is C26H25FN4O5. The van der Waals surface area contributed by atoms with Gasteiger partial charge in [-0.3, -0.25) is 34.2 Å². The summed E-state index contributed by atoms with van der Waals surface area (Å²) in [6, 6.07) is 9.80. The van der Waals surface area contributed by atoms with Gasteiger partial charge in [-0.2, -0.15) is 0 Å². The van der Waals surface area contributed by atoms with Crippen molar-refractivity contribution in [3.8, 4) is 0 Å². The molecule has 9 nitrogen and oxygen atoms in total. The number of nitrogens with zero attached hydrogens (tertiary/aromatic N) is 3. The molecule has 2 aromatic rings. The summed E-state index contributed by atoms with van der Waals surface area (Å²) in [5.41, 5.74) is 1.11. The summed E-state index contributed by atoms with van der Waals surface area (Å²) in [5.74, 6) is -3.10. The van der Waals surface area contributed by atoms with Gasteiger partial charge in [-0.25, -0.2) is 4.39 Å². The lowest BCUT2D eigenvalue weighted by molar-refractivity contribution is -0.136. The number of piperidine rings is 2. The van der Waals surface area contributed by atoms with E-state index >= 15 is 0 Å². The largest absolute Gasteiger partial charge is 0.371 e. The number of carbonyl (C=O) groups excluding carboxylic acids is 5. The van der Waals surface area contributed by atoms with Crippen LogP contribution in [-0.2, 0) is 9.59 Å². The molecule has 0 bridgehead atoms. The molecule has 5 amide bonds. The molecule has 5 rings (SSSR count). The summed E-state index contributed by atoms with van der Waals surface area (Å²) >= 11 is 0. The Morgan fingerprint density at radius 2 is 1.69 bits per heavy atom. The third-order valence-corrected chi connectivity index (χ3v) is 7.22. The molecule has 3 heterocycles. The molecule has 1 N–H and O–H groups in total. The lowest BCUT2D eigenvalue weighted by Crippen LogP contribution is -2.54. The van der Waals surface area contributed by atoms with E-state index in [0.717, 1.165) is 4.90 Å². The molecule has 2 saturated heterocycles. The summed E-state index contributed by atoms with van der Waals surface area (Å²) in [4.78, 5) is 67.7. The van der Waals surface area contributed by atoms with Crippen molar-refractivity contribution in [1.82, 2.24) is 15.1 Å². The highest BCUT2D eigenvalue weighted by Crippen LogP contribution is 2.35. The fourth-order valence-electron chi connectivity index (χ4n) is 5.25. The van der Waals surface area contributed by atoms with Crippen LogP contribution in [0, 0.1) is 5.82 Å². The van der Waals surface area contributed by atoms with Crippen LogP contribution in [0.15, 0.2) is 42.5 Å². The first-order valence-electron chi connectivity index (χ1n) is 11.9. The monoisotopic (exact) mass is 492 g/mol. The van der Waals surface area contributed by atoms with Crippen LogP contribution in [0.5, 0.6) is 0 Å². The maximum Gasteiger partial charge on any atom is 0.264 e. The van der Waals surface area contributed by atoms with Crippen molar-refractivity contribution in [1.29, 1.82) is 0 Å². The third-order valence-electron chi connectivity index (χ3n) is 7.22. The molecule has 2 fully saturated rings. The molecule has 3 aliphatic rings. The topological polar surface area (TPSA) is 107 Å². The van der Waals surface area contributed by atoms with Crippen molar-refractivity contribution in [3.63, 3.8) is 0 Å². The Morgan fingerprint density at radius 1 is 0.972 bits per heavy atom. The number of rotatable bonds is 4. The fourth-order valence-corrected chi connectivity index (χ4v) is 5.25. The second-order valence-corrected chi connectivity index (χ2v) is 9.26. The molecule has 0 radical (unpaired) electrons. The average molecular weight is 493 g/mol. The Kier molecular flexibility index (Phi) is 6.03. The molecule has 0 aliphatic carbocycles. The number of amides is 5. The first kappa shape index (κ1) is 23.7. The smallest absolute Gasteiger partial charge is 0.264 e. The van der Waals surface area contributed by atoms with Crippen LogP contribution in [0.4, 0.5) is 10.1 Å². The van der Waals surface area contributed by atoms with Crippen LogP contribution in [0.25, 0.3) is 0 Å². The number of carbonyl (C=O) groups is 5. The Bertz CT molecular complexity index is 1290. The van der Waals surface area contributed by atoms with Crippen LogP contribution in [-0.4, -0.2) is 71.6 Å². The molecule has 0 spiro atoms. The van der Waals surface area contributed by atoms with Crippen molar-refractivity contribution in [2.45, 2.75) is 37.8 Å². The number of imide groups is 2. The van der Waals surface area contributed by atoms with Crippen molar-refractivity contribution in [2.75, 3.05) is 25.0 Å². The quantitative estimate of drug-likeness (QED) is 0.654. The molecule has 1 atom stereocenters. The summed E-state index contributed by atoms with van der Waals surface area (Å²) in [7, 11) is 1.66. The molecule has 0 saturated carbocycles. The van der Waals surface area contributed by atoms with Gasteiger partial charge in [-0.1, -0.05) is 18.2 Å². The molecule has 0 aromatic heterocycles. The van der Waals surface area contributed by atoms with E-state index in [1.165, 1.54) is 18.2 Å². The number of anilines is 1. The zero-order valence-electron chi connectivity index (χ0n) is 19.7. The molecule has 1 unspecified atom stereocenters. The van der Waals surface area contributed by atoms with E-state index in [-0.39, 0.29) is 41.5 Å². The zero-order chi connectivity index (χ0) is 25.6. The van der Waals surface area contributed by atoms with Gasteiger partial charge in [0.25, 0.3) is 17.7 Å². The highest BCUT2D eigenvalue weighted by Gasteiger charge is 2.46. The van der Waals surface area contributed by atoms with Gasteiger partial charge in [0.15, 0.2) is 0 Å². The molecular weight excluding hydrogens is 467 g/mol. The fraction of sp³-hybridized carbons (Fsp3) is 0.346. The van der Waals surface area contributed by atoms with Crippen molar-refractivity contribution in [3.05, 3.63) is 65.0 Å². The highest BCUT2D eigenvalue weighted by atomic mass is 19.1. The molecule has 186 valence electrons. The van der Waals surface area contributed by atoms with E-state index in [2.05, 4.69) is 5.32 Å². The Hall–Kier alpha value is -4.08. The van der Waals surface area contributed by atoms with E-state index < -0.39 is 35.5 Å². The van der Waals surface area contributed by atoms with Crippen LogP contribution in [0.2, 0.25) is 0 Å². The number of hydrogen-bond acceptors (Lipinski definition) is 6. The van der Waals surface area contributed by atoms with Gasteiger partial charge in [0.1, 0.15) is 11.9 Å². The van der Waals surface area contributed by atoms with E-state index in [9.17, 15) is 28.4 Å². The lowest BCUT2D eigenvalue weighted by Gasteiger charge is -2.38. The Morgan fingerprint density at radius 3 is 2.39 bits per heavy atom. The van der Waals surface area contributed by atoms with Gasteiger partial charge >= 0.3 is 0 Å². The van der Waals surface area contributed by atoms with Gasteiger partial charge in [-0.05, 0) is 43.5 Å². The van der Waals surface area contributed by atoms with E-state index in [4.69, 9.17) is 0 Å². The Labute approximate surface area is 206 Å². The van der Waals surface area contributed by atoms with Crippen LogP contribution >= 0.6 is 0 Å². The van der Waals surface area contributed by atoms with Gasteiger partial charge in [-0.15, -0.1) is 0 Å². The predicted molar refractivity (Wildman–Crippen MR) is 127 cm³/mol. The van der Waals surface area contributed by atoms with Gasteiger partial charge < -0.3 is 9.80 Å². The third kappa shape index (κ3) is 3.92. The number of halogens is 1. The SMILES string of the molecule is CN(C(=O)c1ccccc1F)C1CCN(c2cccc3c2C(=O)N(C2CCC(=O)NC2=O)C3=O)CC1. The second-order valence-electron chi connectivity index (χ2n) is 9.26. The molecule has 10 heteroatoms. The predicted octanol–water partition coefficient (Wildman–Crippen LogP) is 1.97. The van der Waals surface area contributed by atoms with Crippen LogP contribution < -0.4 is 10.2 Å². The van der Waals surface area contributed by atoms with E-state index in [1.54, 1.807) is 36.2 Å². The standard InChI is InChI=1S/C26H25FN4O5/c1-29(24(34)16-5-2-3-7-18(16)27)15-11-13-30(14-12-15)19-8-4-6-17-22(19)26(36)31(25(17)35)20-9-10-21(32)28-23(20)33/h2-8,15,20H,9-14H2,1H3,(H,28,32,33). The maximum atomic E-state index is 14.1. The minimum absolute atomic E-state index is 0.0287. The minimum atomic E-state index is -1.02. The second kappa shape index (κ2) is 9.18. The van der Waals surface area contributed by atoms with Crippen molar-refractivity contribution >= 4 is 35.2 Å². The van der Waals surface area contributed by atoms with Gasteiger partial charge in [0.2, 0.25) is 11.8 Å². The average Bonchev–Trinajstić information content (AvgIpc) is 3.13. The number of fused-ring (bicyclic) bond motifs is 1. The Balaban J connectivity index is 1.32. The summed E-state index contributed by atoms with van der Waals surface area (Å²) in [6.45, 7) is 1.05. The summed E-state index contributed by atoms with van der Waals surface area (Å²) < 4.78 is 14.1. The van der Waals surface area contributed by atoms with E-state index in [1.807, 2.05) is 4.90 Å². The highest BCUT2D eigenvalue weighted by molar-refractivity contribution is 6.25. The minimum Gasteiger partial charge on any atom is -0.371 e. The normalized spacial score (nSPS) is 20.4. The first-order chi connectivity index (χ1) is 17.3. The maximum absolute atomic E-state index is 14.1. The van der Waals surface area contributed by atoms with Crippen molar-refractivity contribution < 1.29 is 28.4 Å². The lowest BCUT2D eigenvalue weighted by atomic mass is 9.99. The number of hydrogen-bond donors (Lipinski definition) is 1. The summed E-state index contributed by atoms with van der Waals surface area (Å²) in [6.07, 6.45) is 1.35. The molecule has 36 heavy (non-hydrogen) atoms. The van der Waals surface area contributed by atoms with Gasteiger partial charge in [0, 0.05) is 32.6 Å². The van der Waals surface area contributed by atoms with Crippen LogP contribution in [0.3, 0.4) is 0 Å². The first-order valence-corrected chi connectivity index (χ1v) is 11.9. The molecule has 3 aliphatic heterocycles. The summed E-state index contributed by atoms with van der Waals surface area (Å²) in [5, 5.41) is 2.20. The van der Waals surface area contributed by atoms with Crippen molar-refractivity contribution in [2.24, 2.45) is 0 Å². The van der Waals surface area contributed by atoms with Crippen LogP contribution in [0.1, 0.15) is 56.8 Å². The molecule has 2 aromatic carbocycles. The van der Waals surface area contributed by atoms with Gasteiger partial charge in [0.05, 0.1) is 22.4 Å². The number of nitrogens with one attached hydrogen (secondary N) is 1.